The first-order valence-corrected chi connectivity index (χ1v) is 12.9. The van der Waals surface area contributed by atoms with Crippen LogP contribution in [0.5, 0.6) is 0 Å². The first-order chi connectivity index (χ1) is 15.3. The minimum absolute atomic E-state index is 0.00940. The van der Waals surface area contributed by atoms with Crippen molar-refractivity contribution in [2.24, 2.45) is 0 Å². The van der Waals surface area contributed by atoms with Gasteiger partial charge in [0.25, 0.3) is 5.56 Å². The van der Waals surface area contributed by atoms with E-state index in [1.165, 1.54) is 21.2 Å². The molecule has 2 aromatic rings. The van der Waals surface area contributed by atoms with Gasteiger partial charge in [-0.2, -0.15) is 4.98 Å². The summed E-state index contributed by atoms with van der Waals surface area (Å²) in [4.78, 5) is 22.4. The number of sulfonamides is 1. The summed E-state index contributed by atoms with van der Waals surface area (Å²) in [6.45, 7) is 2.52. The number of aliphatic hydroxyl groups is 1. The van der Waals surface area contributed by atoms with Crippen molar-refractivity contribution in [1.82, 2.24) is 18.8 Å². The van der Waals surface area contributed by atoms with Crippen LogP contribution in [-0.4, -0.2) is 86.9 Å². The summed E-state index contributed by atoms with van der Waals surface area (Å²) < 4.78 is 26.4. The lowest BCUT2D eigenvalue weighted by Gasteiger charge is -2.31. The van der Waals surface area contributed by atoms with Crippen molar-refractivity contribution < 1.29 is 13.5 Å². The number of anilines is 1. The molecule has 1 saturated heterocycles. The predicted octanol–water partition coefficient (Wildman–Crippen LogP) is -0.281. The maximum Gasteiger partial charge on any atom is 0.254 e. The molecule has 13 heteroatoms. The van der Waals surface area contributed by atoms with Crippen molar-refractivity contribution >= 4 is 50.5 Å². The van der Waals surface area contributed by atoms with Crippen LogP contribution in [0.4, 0.5) is 5.95 Å². The van der Waals surface area contributed by atoms with E-state index in [1.807, 2.05) is 0 Å². The Morgan fingerprint density at radius 1 is 1.24 bits per heavy atom. The van der Waals surface area contributed by atoms with Crippen LogP contribution in [0.2, 0.25) is 0 Å². The highest BCUT2D eigenvalue weighted by Crippen LogP contribution is 2.39. The second kappa shape index (κ2) is 8.43. The zero-order valence-electron chi connectivity index (χ0n) is 18.9. The van der Waals surface area contributed by atoms with E-state index in [-0.39, 0.29) is 11.6 Å². The lowest BCUT2D eigenvalue weighted by atomic mass is 9.40. The molecule has 3 heterocycles. The first-order valence-electron chi connectivity index (χ1n) is 11.0. The number of nitrogens with zero attached hydrogens (tertiary/aromatic N) is 4. The smallest absolute Gasteiger partial charge is 0.254 e. The summed E-state index contributed by atoms with van der Waals surface area (Å²) in [5, 5.41) is 12.9. The van der Waals surface area contributed by atoms with Gasteiger partial charge in [0.15, 0.2) is 0 Å². The predicted molar refractivity (Wildman–Crippen MR) is 129 cm³/mol. The van der Waals surface area contributed by atoms with Gasteiger partial charge in [0.05, 0.1) is 41.4 Å². The first kappa shape index (κ1) is 24.3. The highest BCUT2D eigenvalue weighted by atomic mass is 32.2. The van der Waals surface area contributed by atoms with Crippen LogP contribution in [-0.2, 0) is 15.1 Å². The fourth-order valence-corrected chi connectivity index (χ4v) is 5.72. The number of aromatic nitrogens is 3. The number of hydrogen-bond donors (Lipinski definition) is 2. The normalized spacial score (nSPS) is 25.5. The molecule has 2 N–H and O–H groups in total. The van der Waals surface area contributed by atoms with Gasteiger partial charge in [-0.05, 0) is 50.7 Å². The van der Waals surface area contributed by atoms with Crippen LogP contribution in [0.1, 0.15) is 50.6 Å². The molecule has 1 aliphatic heterocycles. The Balaban J connectivity index is 1.73. The topological polar surface area (TPSA) is 117 Å². The molecule has 2 aliphatic rings. The largest absolute Gasteiger partial charge is 0.388 e. The minimum Gasteiger partial charge on any atom is -0.388 e. The van der Waals surface area contributed by atoms with Gasteiger partial charge >= 0.3 is 0 Å². The molecule has 2 fully saturated rings. The third kappa shape index (κ3) is 4.86. The van der Waals surface area contributed by atoms with E-state index in [1.54, 1.807) is 13.1 Å². The quantitative estimate of drug-likeness (QED) is 0.584. The molecule has 0 unspecified atom stereocenters. The number of fused-ring (bicyclic) bond motifs is 1. The molecule has 2 aromatic heterocycles. The molecule has 0 bridgehead atoms. The molecule has 1 saturated carbocycles. The monoisotopic (exact) mass is 465 g/mol. The molecule has 0 aromatic carbocycles. The summed E-state index contributed by atoms with van der Waals surface area (Å²) in [5.74, 6) is 0.318. The van der Waals surface area contributed by atoms with Crippen molar-refractivity contribution in [3.63, 3.8) is 0 Å². The Labute approximate surface area is 197 Å². The van der Waals surface area contributed by atoms with Crippen molar-refractivity contribution in [2.75, 3.05) is 24.7 Å². The molecule has 2 atom stereocenters. The highest BCUT2D eigenvalue weighted by molar-refractivity contribution is 7.88. The molecule has 170 valence electrons. The minimum atomic E-state index is -3.22. The molecule has 33 heavy (non-hydrogen) atoms. The van der Waals surface area contributed by atoms with Gasteiger partial charge in [-0.3, -0.25) is 9.36 Å². The third-order valence-electron chi connectivity index (χ3n) is 6.69. The molecule has 0 spiro atoms. The summed E-state index contributed by atoms with van der Waals surface area (Å²) in [7, 11) is 14.4. The lowest BCUT2D eigenvalue weighted by molar-refractivity contribution is 0.0266. The Hall–Kier alpha value is -1.85. The van der Waals surface area contributed by atoms with Crippen LogP contribution in [0.25, 0.3) is 11.0 Å². The van der Waals surface area contributed by atoms with Gasteiger partial charge in [0.1, 0.15) is 5.65 Å². The average molecular weight is 465 g/mol. The number of rotatable bonds is 5. The van der Waals surface area contributed by atoms with Gasteiger partial charge in [0, 0.05) is 30.7 Å². The van der Waals surface area contributed by atoms with E-state index in [2.05, 4.69) is 15.3 Å². The summed E-state index contributed by atoms with van der Waals surface area (Å²) in [6.07, 6.45) is 5.87. The summed E-state index contributed by atoms with van der Waals surface area (Å²) >= 11 is 0. The van der Waals surface area contributed by atoms with Crippen LogP contribution in [0.15, 0.2) is 17.1 Å². The van der Waals surface area contributed by atoms with E-state index < -0.39 is 32.3 Å². The zero-order chi connectivity index (χ0) is 24.2. The van der Waals surface area contributed by atoms with Crippen LogP contribution in [0.3, 0.4) is 0 Å². The van der Waals surface area contributed by atoms with Gasteiger partial charge in [-0.25, -0.2) is 17.7 Å². The van der Waals surface area contributed by atoms with Gasteiger partial charge < -0.3 is 10.4 Å². The summed E-state index contributed by atoms with van der Waals surface area (Å²) in [6, 6.07) is 0.960. The lowest BCUT2D eigenvalue weighted by Crippen LogP contribution is -2.43. The second-order valence-electron chi connectivity index (χ2n) is 9.48. The van der Waals surface area contributed by atoms with Crippen LogP contribution in [0, 0.1) is 0 Å². The van der Waals surface area contributed by atoms with E-state index >= 15 is 0 Å². The van der Waals surface area contributed by atoms with E-state index in [9.17, 15) is 18.3 Å². The Kier molecular flexibility index (Phi) is 6.20. The van der Waals surface area contributed by atoms with Crippen molar-refractivity contribution in [1.29, 1.82) is 0 Å². The number of nitrogens with one attached hydrogen (secondary N) is 1. The van der Waals surface area contributed by atoms with E-state index in [0.717, 1.165) is 6.42 Å². The maximum atomic E-state index is 13.4. The van der Waals surface area contributed by atoms with Gasteiger partial charge in [0.2, 0.25) is 16.0 Å². The molecule has 1 aliphatic carbocycles. The van der Waals surface area contributed by atoms with Gasteiger partial charge in [-0.1, -0.05) is 0 Å². The molecular formula is C20H26B3N5O4S. The van der Waals surface area contributed by atoms with Crippen molar-refractivity contribution in [3.05, 3.63) is 28.2 Å². The Bertz CT molecular complexity index is 1220. The van der Waals surface area contributed by atoms with E-state index in [0.29, 0.717) is 55.8 Å². The zero-order valence-corrected chi connectivity index (χ0v) is 19.7. The molecule has 6 radical (unpaired) electrons. The second-order valence-corrected chi connectivity index (χ2v) is 11.5. The molecule has 0 amide bonds. The highest BCUT2D eigenvalue weighted by Gasteiger charge is 2.40. The van der Waals surface area contributed by atoms with Crippen molar-refractivity contribution in [2.45, 2.75) is 61.8 Å². The number of pyridine rings is 1. The third-order valence-corrected chi connectivity index (χ3v) is 7.99. The number of hydrogen-bond acceptors (Lipinski definition) is 7. The fraction of sp³-hybridized carbons (Fsp3) is 0.650. The van der Waals surface area contributed by atoms with E-state index in [4.69, 9.17) is 23.5 Å². The Morgan fingerprint density at radius 3 is 2.45 bits per heavy atom. The number of piperidine rings is 1. The van der Waals surface area contributed by atoms with Crippen LogP contribution >= 0.6 is 0 Å². The average Bonchev–Trinajstić information content (AvgIpc) is 3.05. The molecule has 9 nitrogen and oxygen atoms in total. The Morgan fingerprint density at radius 2 is 1.91 bits per heavy atom. The standard InChI is InChI=1S/C20H26B3N5O4S/c1-19(30)7-3-4-15(19)28-16-12(10-14(17(28)29)20(21,22)23)11-24-18(26-16)25-13-5-8-27(9-6-13)33(2,31)32/h10-11,13,15,30H,3-9H2,1-2H3,(H,24,25,26)/t15-,19-/m1/s1. The SMILES string of the molecule is [B]C([B])([B])c1cc2cnc(NC3CCN(S(C)(=O)=O)CC3)nc2n([C@@H]2CCC[C@@]2(C)O)c1=O. The van der Waals surface area contributed by atoms with Crippen molar-refractivity contribution in [3.8, 4) is 0 Å². The van der Waals surface area contributed by atoms with Gasteiger partial charge in [-0.15, -0.1) is 5.11 Å². The molecular weight excluding hydrogens is 439 g/mol. The fourth-order valence-electron chi connectivity index (χ4n) is 4.84. The maximum absolute atomic E-state index is 13.4. The molecule has 4 rings (SSSR count). The summed E-state index contributed by atoms with van der Waals surface area (Å²) in [5.41, 5.74) is -1.23. The van der Waals surface area contributed by atoms with Crippen LogP contribution < -0.4 is 10.9 Å².